The van der Waals surface area contributed by atoms with Crippen molar-refractivity contribution in [2.75, 3.05) is 11.5 Å². The molecule has 0 fully saturated rings. The summed E-state index contributed by atoms with van der Waals surface area (Å²) in [6.45, 7) is 0. The first-order valence-corrected chi connectivity index (χ1v) is 15.2. The van der Waals surface area contributed by atoms with Crippen LogP contribution in [0.3, 0.4) is 0 Å². The van der Waals surface area contributed by atoms with Crippen molar-refractivity contribution in [1.82, 2.24) is 0 Å². The van der Waals surface area contributed by atoms with E-state index in [-0.39, 0.29) is 45.9 Å². The lowest BCUT2D eigenvalue weighted by molar-refractivity contribution is -0.288. The van der Waals surface area contributed by atoms with Crippen molar-refractivity contribution >= 4 is 11.4 Å². The number of aromatic hydroxyl groups is 2. The number of nitrogens with two attached hydrogens (primary N) is 2. The highest BCUT2D eigenvalue weighted by atomic mass is 19.4. The van der Waals surface area contributed by atoms with Gasteiger partial charge in [0.15, 0.2) is 0 Å². The molecule has 0 amide bonds. The van der Waals surface area contributed by atoms with E-state index in [0.29, 0.717) is 22.3 Å². The third-order valence-corrected chi connectivity index (χ3v) is 8.34. The van der Waals surface area contributed by atoms with E-state index in [1.165, 1.54) is 60.7 Å². The van der Waals surface area contributed by atoms with Gasteiger partial charge in [-0.25, -0.2) is 0 Å². The molecule has 260 valence electrons. The molecule has 0 saturated heterocycles. The number of phenols is 2. The molecule has 0 aliphatic carbocycles. The van der Waals surface area contributed by atoms with E-state index < -0.39 is 28.9 Å². The van der Waals surface area contributed by atoms with Gasteiger partial charge < -0.3 is 31.2 Å². The van der Waals surface area contributed by atoms with Crippen molar-refractivity contribution in [3.05, 3.63) is 145 Å². The van der Waals surface area contributed by atoms with Crippen LogP contribution in [-0.2, 0) is 5.41 Å². The van der Waals surface area contributed by atoms with Gasteiger partial charge >= 0.3 is 12.4 Å². The Morgan fingerprint density at radius 2 is 0.804 bits per heavy atom. The highest BCUT2D eigenvalue weighted by Gasteiger charge is 2.72. The molecule has 0 bridgehead atoms. The van der Waals surface area contributed by atoms with Gasteiger partial charge in [0.1, 0.15) is 34.5 Å². The third-order valence-electron chi connectivity index (χ3n) is 8.34. The average molecular weight is 703 g/mol. The molecule has 0 heterocycles. The molecule has 6 aromatic rings. The number of alkyl halides is 6. The average Bonchev–Trinajstić information content (AvgIpc) is 3.08. The van der Waals surface area contributed by atoms with Gasteiger partial charge in [-0.15, -0.1) is 0 Å². The fraction of sp³-hybridized carbons (Fsp3) is 0.0769. The van der Waals surface area contributed by atoms with Gasteiger partial charge in [0, 0.05) is 23.3 Å². The minimum Gasteiger partial charge on any atom is -0.506 e. The lowest BCUT2D eigenvalue weighted by Gasteiger charge is -2.38. The van der Waals surface area contributed by atoms with Gasteiger partial charge in [-0.2, -0.15) is 26.3 Å². The summed E-state index contributed by atoms with van der Waals surface area (Å²) in [4.78, 5) is 0. The number of ether oxygens (including phenoxy) is 2. The minimum atomic E-state index is -5.80. The Kier molecular flexibility index (Phi) is 8.94. The second-order valence-corrected chi connectivity index (χ2v) is 11.5. The molecule has 0 aromatic heterocycles. The van der Waals surface area contributed by atoms with Crippen LogP contribution in [0.1, 0.15) is 11.1 Å². The van der Waals surface area contributed by atoms with Crippen LogP contribution in [0.4, 0.5) is 37.7 Å². The largest absolute Gasteiger partial charge is 0.506 e. The first-order valence-electron chi connectivity index (χ1n) is 15.2. The maximum absolute atomic E-state index is 15.0. The van der Waals surface area contributed by atoms with Crippen LogP contribution < -0.4 is 20.9 Å². The summed E-state index contributed by atoms with van der Waals surface area (Å²) in [5, 5.41) is 19.4. The van der Waals surface area contributed by atoms with Crippen LogP contribution >= 0.6 is 0 Å². The van der Waals surface area contributed by atoms with E-state index >= 15 is 26.3 Å². The molecule has 0 saturated carbocycles. The molecule has 0 aliphatic heterocycles. The molecule has 6 aromatic carbocycles. The quantitative estimate of drug-likeness (QED) is 0.0714. The number of benzene rings is 6. The van der Waals surface area contributed by atoms with Crippen LogP contribution in [0.15, 0.2) is 133 Å². The maximum atomic E-state index is 15.0. The van der Waals surface area contributed by atoms with E-state index in [9.17, 15) is 10.2 Å². The first-order chi connectivity index (χ1) is 24.2. The second-order valence-electron chi connectivity index (χ2n) is 11.5. The van der Waals surface area contributed by atoms with E-state index in [2.05, 4.69) is 0 Å². The van der Waals surface area contributed by atoms with Gasteiger partial charge in [-0.3, -0.25) is 0 Å². The zero-order valence-corrected chi connectivity index (χ0v) is 26.3. The van der Waals surface area contributed by atoms with Crippen molar-refractivity contribution < 1.29 is 46.0 Å². The molecule has 0 spiro atoms. The summed E-state index contributed by atoms with van der Waals surface area (Å²) in [5.41, 5.74) is 6.53. The van der Waals surface area contributed by atoms with Crippen molar-refractivity contribution in [2.45, 2.75) is 17.8 Å². The smallest absolute Gasteiger partial charge is 0.411 e. The number of phenolic OH excluding ortho intramolecular Hbond substituents is 2. The monoisotopic (exact) mass is 702 g/mol. The van der Waals surface area contributed by atoms with E-state index in [1.54, 1.807) is 48.5 Å². The molecule has 0 atom stereocenters. The van der Waals surface area contributed by atoms with Gasteiger partial charge in [0.25, 0.3) is 0 Å². The Morgan fingerprint density at radius 1 is 0.451 bits per heavy atom. The Bertz CT molecular complexity index is 2030. The molecular weight excluding hydrogens is 674 g/mol. The zero-order chi connectivity index (χ0) is 36.6. The maximum Gasteiger partial charge on any atom is 0.411 e. The lowest BCUT2D eigenvalue weighted by Crippen LogP contribution is -2.54. The van der Waals surface area contributed by atoms with Gasteiger partial charge in [0.05, 0.1) is 11.4 Å². The van der Waals surface area contributed by atoms with Gasteiger partial charge in [-0.05, 0) is 58.7 Å². The summed E-state index contributed by atoms with van der Waals surface area (Å²) < 4.78 is 102. The molecule has 12 heteroatoms. The van der Waals surface area contributed by atoms with Crippen LogP contribution in [0.2, 0.25) is 0 Å². The molecule has 0 aliphatic rings. The third kappa shape index (κ3) is 6.55. The van der Waals surface area contributed by atoms with Crippen molar-refractivity contribution in [2.24, 2.45) is 0 Å². The molecular formula is C39H28F6N2O4. The SMILES string of the molecule is Nc1cc(Oc2ccccc2-c2ccc(C(c3ccc(-c4ccccc4Oc4ccc(O)c(N)c4)cc3)(C(F)(F)F)C(F)(F)F)cc2)ccc1O. The molecule has 51 heavy (non-hydrogen) atoms. The van der Waals surface area contributed by atoms with Crippen LogP contribution in [0.25, 0.3) is 22.3 Å². The Hall–Kier alpha value is -6.30. The van der Waals surface area contributed by atoms with Gasteiger partial charge in [-0.1, -0.05) is 84.9 Å². The number of halogens is 6. The number of rotatable bonds is 8. The zero-order valence-electron chi connectivity index (χ0n) is 26.3. The van der Waals surface area contributed by atoms with Gasteiger partial charge in [0.2, 0.25) is 5.41 Å². The Balaban J connectivity index is 1.38. The minimum absolute atomic E-state index is 0.0511. The topological polar surface area (TPSA) is 111 Å². The summed E-state index contributed by atoms with van der Waals surface area (Å²) in [7, 11) is 0. The molecule has 0 unspecified atom stereocenters. The molecule has 0 radical (unpaired) electrons. The summed E-state index contributed by atoms with van der Waals surface area (Å²) in [5.74, 6) is 0.697. The molecule has 6 nitrogen and oxygen atoms in total. The van der Waals surface area contributed by atoms with Crippen molar-refractivity contribution in [3.63, 3.8) is 0 Å². The number of para-hydroxylation sites is 2. The predicted molar refractivity (Wildman–Crippen MR) is 182 cm³/mol. The number of hydrogen-bond donors (Lipinski definition) is 4. The predicted octanol–water partition coefficient (Wildman–Crippen LogP) is 10.6. The van der Waals surface area contributed by atoms with Crippen molar-refractivity contribution in [1.29, 1.82) is 0 Å². The van der Waals surface area contributed by atoms with E-state index in [0.717, 1.165) is 24.3 Å². The Labute approximate surface area is 287 Å². The standard InChI is InChI=1S/C39H28F6N2O4/c40-38(41,42)37(39(43,44)45,25-13-9-23(10-14-25)29-5-1-3-7-35(29)50-27-17-19-33(48)31(46)21-27)26-15-11-24(12-16-26)30-6-2-4-8-36(30)51-28-18-20-34(49)32(47)22-28/h1-22,48-49H,46-47H2. The Morgan fingerprint density at radius 3 is 1.14 bits per heavy atom. The van der Waals surface area contributed by atoms with Crippen LogP contribution in [-0.4, -0.2) is 22.6 Å². The summed E-state index contributed by atoms with van der Waals surface area (Å²) in [6.07, 6.45) is -11.6. The number of nitrogen functional groups attached to an aromatic ring is 2. The highest BCUT2D eigenvalue weighted by Crippen LogP contribution is 2.56. The fourth-order valence-corrected chi connectivity index (χ4v) is 5.82. The second kappa shape index (κ2) is 13.2. The number of anilines is 2. The highest BCUT2D eigenvalue weighted by molar-refractivity contribution is 5.73. The summed E-state index contributed by atoms with van der Waals surface area (Å²) >= 11 is 0. The first kappa shape index (κ1) is 34.6. The van der Waals surface area contributed by atoms with Crippen LogP contribution in [0.5, 0.6) is 34.5 Å². The van der Waals surface area contributed by atoms with E-state index in [4.69, 9.17) is 20.9 Å². The van der Waals surface area contributed by atoms with Crippen LogP contribution in [0, 0.1) is 0 Å². The molecule has 6 rings (SSSR count). The lowest BCUT2D eigenvalue weighted by atomic mass is 9.72. The summed E-state index contributed by atoms with van der Waals surface area (Å²) in [6, 6.07) is 29.2. The van der Waals surface area contributed by atoms with Crippen molar-refractivity contribution in [3.8, 4) is 56.8 Å². The fourth-order valence-electron chi connectivity index (χ4n) is 5.82. The van der Waals surface area contributed by atoms with E-state index in [1.807, 2.05) is 0 Å². The normalized spacial score (nSPS) is 12.0. The number of hydrogen-bond acceptors (Lipinski definition) is 6. The molecule has 6 N–H and O–H groups in total.